The maximum atomic E-state index is 6.19. The van der Waals surface area contributed by atoms with E-state index in [1.807, 2.05) is 22.7 Å². The number of rotatable bonds is 1. The first-order valence-electron chi connectivity index (χ1n) is 6.54. The van der Waals surface area contributed by atoms with E-state index in [0.717, 1.165) is 11.3 Å². The van der Waals surface area contributed by atoms with Crippen molar-refractivity contribution in [2.75, 3.05) is 0 Å². The van der Waals surface area contributed by atoms with Crippen LogP contribution < -0.4 is 0 Å². The van der Waals surface area contributed by atoms with E-state index in [1.165, 1.54) is 10.8 Å². The van der Waals surface area contributed by atoms with Crippen LogP contribution in [0.2, 0.25) is 10.0 Å². The van der Waals surface area contributed by atoms with Gasteiger partial charge >= 0.3 is 0 Å². The molecule has 0 amide bonds. The molecule has 2 aromatic carbocycles. The van der Waals surface area contributed by atoms with Gasteiger partial charge in [0.25, 0.3) is 0 Å². The molecule has 4 aromatic rings. The van der Waals surface area contributed by atoms with Crippen molar-refractivity contribution in [3.63, 3.8) is 0 Å². The average molecular weight is 313 g/mol. The number of fused-ring (bicyclic) bond motifs is 2. The van der Waals surface area contributed by atoms with Crippen molar-refractivity contribution in [3.05, 3.63) is 71.0 Å². The molecule has 21 heavy (non-hydrogen) atoms. The topological polar surface area (TPSA) is 17.3 Å². The summed E-state index contributed by atoms with van der Waals surface area (Å²) in [6.07, 6.45) is 3.75. The lowest BCUT2D eigenvalue weighted by Crippen LogP contribution is -1.82. The number of halogens is 2. The quantitative estimate of drug-likeness (QED) is 0.456. The third-order valence-corrected chi connectivity index (χ3v) is 4.00. The minimum absolute atomic E-state index is 0.550. The van der Waals surface area contributed by atoms with Gasteiger partial charge in [0.2, 0.25) is 0 Å². The molecule has 0 N–H and O–H groups in total. The first kappa shape index (κ1) is 12.7. The molecule has 102 valence electrons. The fraction of sp³-hybridized carbons (Fsp3) is 0. The highest BCUT2D eigenvalue weighted by atomic mass is 35.5. The zero-order valence-electron chi connectivity index (χ0n) is 10.9. The minimum Gasteiger partial charge on any atom is -0.304 e. The molecular weight excluding hydrogens is 303 g/mol. The molecule has 0 atom stereocenters. The second-order valence-corrected chi connectivity index (χ2v) is 5.77. The monoisotopic (exact) mass is 312 g/mol. The normalized spacial score (nSPS) is 11.3. The number of nitrogens with zero attached hydrogens (tertiary/aromatic N) is 2. The number of benzene rings is 2. The number of imidazole rings is 1. The third-order valence-electron chi connectivity index (χ3n) is 3.52. The van der Waals surface area contributed by atoms with Gasteiger partial charge in [0.05, 0.1) is 15.7 Å². The molecule has 0 aliphatic rings. The summed E-state index contributed by atoms with van der Waals surface area (Å²) in [5.41, 5.74) is 2.65. The van der Waals surface area contributed by atoms with E-state index in [9.17, 15) is 0 Å². The Bertz CT molecular complexity index is 973. The predicted molar refractivity (Wildman–Crippen MR) is 88.2 cm³/mol. The highest BCUT2D eigenvalue weighted by Crippen LogP contribution is 2.27. The van der Waals surface area contributed by atoms with Crippen LogP contribution in [0.1, 0.15) is 0 Å². The summed E-state index contributed by atoms with van der Waals surface area (Å²) >= 11 is 12.2. The van der Waals surface area contributed by atoms with Crippen LogP contribution in [-0.2, 0) is 0 Å². The Kier molecular flexibility index (Phi) is 2.88. The fourth-order valence-corrected chi connectivity index (χ4v) is 3.04. The first-order valence-corrected chi connectivity index (χ1v) is 7.29. The summed E-state index contributed by atoms with van der Waals surface area (Å²) in [7, 11) is 0. The van der Waals surface area contributed by atoms with Gasteiger partial charge in [-0.1, -0.05) is 59.6 Å². The van der Waals surface area contributed by atoms with E-state index in [0.29, 0.717) is 15.7 Å². The number of hydrogen-bond acceptors (Lipinski definition) is 1. The van der Waals surface area contributed by atoms with E-state index in [-0.39, 0.29) is 0 Å². The second-order valence-electron chi connectivity index (χ2n) is 4.93. The Hall–Kier alpha value is -2.03. The van der Waals surface area contributed by atoms with Crippen molar-refractivity contribution in [3.8, 4) is 11.3 Å². The van der Waals surface area contributed by atoms with Gasteiger partial charge in [-0.3, -0.25) is 0 Å². The van der Waals surface area contributed by atoms with E-state index in [2.05, 4.69) is 35.3 Å². The predicted octanol–water partition coefficient (Wildman–Crippen LogP) is 5.46. The van der Waals surface area contributed by atoms with Crippen molar-refractivity contribution in [2.24, 2.45) is 0 Å². The van der Waals surface area contributed by atoms with Crippen LogP contribution in [0.25, 0.3) is 27.7 Å². The molecule has 0 unspecified atom stereocenters. The zero-order chi connectivity index (χ0) is 14.4. The lowest BCUT2D eigenvalue weighted by Gasteiger charge is -2.00. The van der Waals surface area contributed by atoms with Crippen molar-refractivity contribution < 1.29 is 0 Å². The Balaban J connectivity index is 1.93. The van der Waals surface area contributed by atoms with Crippen molar-refractivity contribution >= 4 is 39.6 Å². The van der Waals surface area contributed by atoms with Gasteiger partial charge < -0.3 is 4.40 Å². The van der Waals surface area contributed by atoms with Crippen LogP contribution in [0.5, 0.6) is 0 Å². The molecule has 4 heteroatoms. The molecule has 2 heterocycles. The third kappa shape index (κ3) is 2.17. The molecule has 4 rings (SSSR count). The standard InChI is InChI=1S/C17H10Cl2N2/c18-14-8-15(19)17-20-16(10-21(17)9-14)13-6-5-11-3-1-2-4-12(11)7-13/h1-10H. The van der Waals surface area contributed by atoms with E-state index >= 15 is 0 Å². The van der Waals surface area contributed by atoms with E-state index < -0.39 is 0 Å². The van der Waals surface area contributed by atoms with Crippen LogP contribution >= 0.6 is 23.2 Å². The number of hydrogen-bond donors (Lipinski definition) is 0. The van der Waals surface area contributed by atoms with E-state index in [4.69, 9.17) is 23.2 Å². The molecule has 0 aliphatic heterocycles. The molecule has 0 saturated heterocycles. The summed E-state index contributed by atoms with van der Waals surface area (Å²) in [4.78, 5) is 4.60. The summed E-state index contributed by atoms with van der Waals surface area (Å²) in [6.45, 7) is 0. The summed E-state index contributed by atoms with van der Waals surface area (Å²) in [5.74, 6) is 0. The average Bonchev–Trinajstić information content (AvgIpc) is 2.91. The summed E-state index contributed by atoms with van der Waals surface area (Å²) in [6, 6.07) is 16.3. The van der Waals surface area contributed by atoms with Crippen LogP contribution in [0.4, 0.5) is 0 Å². The van der Waals surface area contributed by atoms with E-state index in [1.54, 1.807) is 12.3 Å². The van der Waals surface area contributed by atoms with Gasteiger partial charge in [-0.15, -0.1) is 0 Å². The highest BCUT2D eigenvalue weighted by molar-refractivity contribution is 6.36. The lowest BCUT2D eigenvalue weighted by molar-refractivity contribution is 1.19. The smallest absolute Gasteiger partial charge is 0.156 e. The molecule has 0 spiro atoms. The van der Waals surface area contributed by atoms with Crippen molar-refractivity contribution in [1.29, 1.82) is 0 Å². The molecule has 0 fully saturated rings. The van der Waals surface area contributed by atoms with Gasteiger partial charge in [-0.2, -0.15) is 0 Å². The lowest BCUT2D eigenvalue weighted by atomic mass is 10.1. The van der Waals surface area contributed by atoms with Gasteiger partial charge in [-0.25, -0.2) is 4.98 Å². The van der Waals surface area contributed by atoms with Crippen molar-refractivity contribution in [1.82, 2.24) is 9.38 Å². The van der Waals surface area contributed by atoms with Crippen LogP contribution in [0.15, 0.2) is 60.9 Å². The fourth-order valence-electron chi connectivity index (χ4n) is 2.51. The van der Waals surface area contributed by atoms with Gasteiger partial charge in [-0.05, 0) is 22.9 Å². The molecule has 0 radical (unpaired) electrons. The number of aromatic nitrogens is 2. The second kappa shape index (κ2) is 4.76. The largest absolute Gasteiger partial charge is 0.304 e. The Labute approximate surface area is 131 Å². The first-order chi connectivity index (χ1) is 10.2. The summed E-state index contributed by atoms with van der Waals surface area (Å²) < 4.78 is 1.86. The molecule has 0 aliphatic carbocycles. The van der Waals surface area contributed by atoms with Gasteiger partial charge in [0.15, 0.2) is 5.65 Å². The molecule has 0 bridgehead atoms. The minimum atomic E-state index is 0.550. The SMILES string of the molecule is Clc1cc(Cl)c2nc(-c3ccc4ccccc4c3)cn2c1. The van der Waals surface area contributed by atoms with Crippen molar-refractivity contribution in [2.45, 2.75) is 0 Å². The number of pyridine rings is 1. The molecule has 2 aromatic heterocycles. The van der Waals surface area contributed by atoms with Crippen LogP contribution in [0, 0.1) is 0 Å². The van der Waals surface area contributed by atoms with Crippen LogP contribution in [0.3, 0.4) is 0 Å². The van der Waals surface area contributed by atoms with Gasteiger partial charge in [0, 0.05) is 18.0 Å². The van der Waals surface area contributed by atoms with Gasteiger partial charge in [0.1, 0.15) is 0 Å². The molecule has 0 saturated carbocycles. The highest BCUT2D eigenvalue weighted by Gasteiger charge is 2.08. The molecular formula is C17H10Cl2N2. The summed E-state index contributed by atoms with van der Waals surface area (Å²) in [5, 5.41) is 3.55. The molecule has 2 nitrogen and oxygen atoms in total. The van der Waals surface area contributed by atoms with Crippen LogP contribution in [-0.4, -0.2) is 9.38 Å². The maximum Gasteiger partial charge on any atom is 0.156 e. The zero-order valence-corrected chi connectivity index (χ0v) is 12.4. The maximum absolute atomic E-state index is 6.19. The Morgan fingerprint density at radius 3 is 2.52 bits per heavy atom. The Morgan fingerprint density at radius 2 is 1.67 bits per heavy atom. The Morgan fingerprint density at radius 1 is 0.857 bits per heavy atom.